The Labute approximate surface area is 794 Å². The average molecular weight is 1920 g/mol. The number of nitrogens with one attached hydrogen (secondary N) is 9. The molecule has 0 saturated carbocycles. The number of benzene rings is 4. The molecule has 12 aromatic rings. The number of hydrazine groups is 1. The van der Waals surface area contributed by atoms with Gasteiger partial charge in [0.15, 0.2) is 45.8 Å². The first-order valence-corrected chi connectivity index (χ1v) is 44.0. The Kier molecular flexibility index (Phi) is 39.1. The van der Waals surface area contributed by atoms with Crippen LogP contribution in [0.15, 0.2) is 146 Å². The van der Waals surface area contributed by atoms with E-state index in [4.69, 9.17) is 0 Å². The number of methoxy groups -OCH3 is 1. The van der Waals surface area contributed by atoms with Crippen molar-refractivity contribution in [2.24, 2.45) is 0 Å². The predicted octanol–water partition coefficient (Wildman–Crippen LogP) is 7.16. The van der Waals surface area contributed by atoms with Gasteiger partial charge < -0.3 is 93.0 Å². The molecule has 9 amide bonds. The molecule has 0 bridgehead atoms. The van der Waals surface area contributed by atoms with Crippen LogP contribution in [0.2, 0.25) is 0 Å². The number of aromatic hydroxyl groups is 4. The van der Waals surface area contributed by atoms with Crippen molar-refractivity contribution < 1.29 is 117 Å². The maximum atomic E-state index is 13.3. The normalized spacial score (nSPS) is 12.4. The van der Waals surface area contributed by atoms with Crippen LogP contribution >= 0.6 is 0 Å². The number of aromatic nitrogens is 8. The number of aliphatic hydroxyl groups excluding tert-OH is 6. The molecular weight excluding hydrogens is 1810 g/mol. The lowest BCUT2D eigenvalue weighted by Crippen LogP contribution is -2.42. The molecule has 4 aromatic carbocycles. The predicted molar refractivity (Wildman–Crippen MR) is 503 cm³/mol. The van der Waals surface area contributed by atoms with Gasteiger partial charge in [-0.25, -0.2) is 47.7 Å². The Morgan fingerprint density at radius 3 is 0.835 bits per heavy atom. The van der Waals surface area contributed by atoms with E-state index in [0.717, 1.165) is 34.9 Å². The molecule has 6 atom stereocenters. The zero-order valence-electron chi connectivity index (χ0n) is 77.8. The van der Waals surface area contributed by atoms with E-state index in [1.807, 2.05) is 5.43 Å². The van der Waals surface area contributed by atoms with Crippen LogP contribution < -0.4 is 48.1 Å². The number of carbonyl (C=O) groups is 9. The zero-order valence-corrected chi connectivity index (χ0v) is 77.8. The first-order chi connectivity index (χ1) is 66.2. The molecule has 0 aliphatic carbocycles. The lowest BCUT2D eigenvalue weighted by Gasteiger charge is -2.30. The van der Waals surface area contributed by atoms with Crippen molar-refractivity contribution in [2.75, 3.05) is 59.8 Å². The molecule has 0 aliphatic heterocycles. The summed E-state index contributed by atoms with van der Waals surface area (Å²) in [7, 11) is 1.10. The number of ether oxygens (including phenoxy) is 1. The molecule has 8 heterocycles. The molecule has 8 aromatic heterocycles. The van der Waals surface area contributed by atoms with Crippen molar-refractivity contribution >= 4 is 97.0 Å². The molecule has 42 heteroatoms. The summed E-state index contributed by atoms with van der Waals surface area (Å²) in [6.45, 7) is 17.3. The summed E-state index contributed by atoms with van der Waals surface area (Å²) in [5.74, 6) is -9.32. The summed E-state index contributed by atoms with van der Waals surface area (Å²) in [5, 5.41) is 118. The molecule has 0 spiro atoms. The summed E-state index contributed by atoms with van der Waals surface area (Å²) >= 11 is 0. The molecular formula is C97H110F4N18O20. The van der Waals surface area contributed by atoms with E-state index in [2.05, 4.69) is 120 Å². The van der Waals surface area contributed by atoms with Gasteiger partial charge in [-0.05, 0) is 212 Å². The van der Waals surface area contributed by atoms with E-state index >= 15 is 0 Å². The SMILES string of the molecule is CC(CO)NC(=O)c1nc(C(=O)NC(C)CO)c2cc(Cc3ccc(F)cc3)cnc2c1O.CC(CO)NC(=O)c1nc(C(=O)NCCN(C(C)C)C(C)C)c2cc(Cc3ccc(F)cc3)cnc2c1O.CCC(O)CNC(=O)c1nc(C(=O)NC(C)CO)c(O)c2ncc(Cc3ccc(F)cc3)cc12.COC(=O)NNC(=O)c1nc(C(=O)NC(C)CO)c(O)c2ncc(Cc3ccc(F)cc3)cc12. The van der Waals surface area contributed by atoms with E-state index < -0.39 is 130 Å². The third kappa shape index (κ3) is 29.4. The second kappa shape index (κ2) is 50.6. The number of nitrogens with zero attached hydrogens (tertiary/aromatic N) is 9. The Morgan fingerprint density at radius 1 is 0.345 bits per heavy atom. The molecule has 736 valence electrons. The van der Waals surface area contributed by atoms with Gasteiger partial charge in [0.25, 0.3) is 47.3 Å². The number of aliphatic hydroxyl groups is 6. The fraction of sp³-hybridized carbons (Fsp3) is 0.330. The number of rotatable bonds is 34. The van der Waals surface area contributed by atoms with Crippen molar-refractivity contribution in [3.63, 3.8) is 0 Å². The summed E-state index contributed by atoms with van der Waals surface area (Å²) in [6.07, 6.45) is 6.21. The molecule has 6 unspecified atom stereocenters. The standard InChI is InChI=1S/C28H36FN5O4.C24H27FN4O5.C23H25FN4O5.C22H22FN5O6/c1-16(2)34(17(3)4)11-10-30-27(37)24-22-13-20(12-19-6-8-21(29)9-7-19)14-31-23(22)26(36)25(33-24)28(38)32-18(5)15-35;1-3-17(31)11-27-23(33)20-18-9-15(8-14-4-6-16(25)7-5-14)10-26-19(18)22(32)21(29-20)24(34)28-13(2)12-30;1-12(10-29)26-22(32)19-17-8-15(7-14-3-5-16(24)6-4-14)9-25-18(17)21(31)20(28-19)23(33)27-13(2)11-30;1-11(10-29)25-20(31)18-19(30)16-15(17(26-18)21(32)27-28-22(33)34-2)8-13(9-24-16)7-12-3-5-14(23)6-4-12/h6-9,13-14,16-18,35-36H,10-12,15H2,1-5H3,(H,30,37)(H,32,38);4-7,9-10,13,17,30-32H,3,8,11-12H2,1-2H3,(H,27,33)(H,28,34);3-6,8-9,12-13,29-31H,7,10-11H2,1-2H3,(H,26,32)(H,27,33);3-6,8-9,11,29-30H,7,10H2,1-2H3,(H,25,31)(H,27,32)(H,28,33). The van der Waals surface area contributed by atoms with Crippen LogP contribution in [-0.2, 0) is 30.4 Å². The average Bonchev–Trinajstić information content (AvgIpc) is 0.777. The highest BCUT2D eigenvalue weighted by atomic mass is 19.1. The highest BCUT2D eigenvalue weighted by molar-refractivity contribution is 6.13. The van der Waals surface area contributed by atoms with Crippen LogP contribution in [0.5, 0.6) is 23.0 Å². The van der Waals surface area contributed by atoms with E-state index in [1.54, 1.807) is 107 Å². The molecule has 0 saturated heterocycles. The summed E-state index contributed by atoms with van der Waals surface area (Å²) in [6, 6.07) is 27.8. The van der Waals surface area contributed by atoms with Gasteiger partial charge in [0.2, 0.25) is 0 Å². The summed E-state index contributed by atoms with van der Waals surface area (Å²) in [4.78, 5) is 150. The van der Waals surface area contributed by atoms with Gasteiger partial charge in [-0.15, -0.1) is 0 Å². The number of carbonyl (C=O) groups excluding carboxylic acids is 9. The zero-order chi connectivity index (χ0) is 102. The van der Waals surface area contributed by atoms with Crippen LogP contribution in [0.1, 0.15) is 204 Å². The van der Waals surface area contributed by atoms with Crippen LogP contribution in [0.25, 0.3) is 43.6 Å². The highest BCUT2D eigenvalue weighted by Crippen LogP contribution is 2.35. The van der Waals surface area contributed by atoms with Crippen molar-refractivity contribution in [3.05, 3.63) is 259 Å². The Bertz CT molecular complexity index is 6390. The second-order valence-corrected chi connectivity index (χ2v) is 33.1. The van der Waals surface area contributed by atoms with Gasteiger partial charge in [-0.1, -0.05) is 55.5 Å². The van der Waals surface area contributed by atoms with Crippen LogP contribution in [0, 0.1) is 23.3 Å². The number of hydrogen-bond acceptors (Lipinski definition) is 29. The van der Waals surface area contributed by atoms with Crippen LogP contribution in [0.4, 0.5) is 22.4 Å². The molecule has 0 radical (unpaired) electrons. The first kappa shape index (κ1) is 107. The van der Waals surface area contributed by atoms with Gasteiger partial charge in [0.1, 0.15) is 68.1 Å². The third-order valence-electron chi connectivity index (χ3n) is 21.2. The molecule has 19 N–H and O–H groups in total. The fourth-order valence-electron chi connectivity index (χ4n) is 13.8. The van der Waals surface area contributed by atoms with Gasteiger partial charge in [0, 0.05) is 108 Å². The van der Waals surface area contributed by atoms with E-state index in [1.165, 1.54) is 80.2 Å². The monoisotopic (exact) mass is 1920 g/mol. The van der Waals surface area contributed by atoms with Crippen LogP contribution in [0.3, 0.4) is 0 Å². The maximum Gasteiger partial charge on any atom is 0.425 e. The van der Waals surface area contributed by atoms with Gasteiger partial charge in [0.05, 0.1) is 46.2 Å². The highest BCUT2D eigenvalue weighted by Gasteiger charge is 2.32. The number of amides is 9. The van der Waals surface area contributed by atoms with E-state index in [9.17, 15) is 112 Å². The van der Waals surface area contributed by atoms with Gasteiger partial charge in [-0.3, -0.25) is 68.6 Å². The number of fused-ring (bicyclic) bond motifs is 4. The maximum absolute atomic E-state index is 13.3. The number of hydrogen-bond donors (Lipinski definition) is 19. The van der Waals surface area contributed by atoms with Crippen molar-refractivity contribution in [1.29, 1.82) is 0 Å². The third-order valence-corrected chi connectivity index (χ3v) is 21.2. The quantitative estimate of drug-likeness (QED) is 0.0140. The molecule has 38 nitrogen and oxygen atoms in total. The first-order valence-electron chi connectivity index (χ1n) is 44.0. The van der Waals surface area contributed by atoms with E-state index in [0.29, 0.717) is 74.0 Å². The minimum atomic E-state index is -0.943. The largest absolute Gasteiger partial charge is 0.504 e. The van der Waals surface area contributed by atoms with Crippen molar-refractivity contribution in [3.8, 4) is 23.0 Å². The Morgan fingerprint density at radius 2 is 0.590 bits per heavy atom. The van der Waals surface area contributed by atoms with Gasteiger partial charge in [-0.2, -0.15) is 0 Å². The molecule has 0 fully saturated rings. The summed E-state index contributed by atoms with van der Waals surface area (Å²) < 4.78 is 57.4. The van der Waals surface area contributed by atoms with Crippen LogP contribution in [-0.4, -0.2) is 257 Å². The molecule has 12 rings (SSSR count). The lowest BCUT2D eigenvalue weighted by atomic mass is 10.0. The summed E-state index contributed by atoms with van der Waals surface area (Å²) in [5.41, 5.74) is 7.67. The topological polar surface area (TPSA) is 580 Å². The fourth-order valence-corrected chi connectivity index (χ4v) is 13.8. The number of halogens is 4. The Balaban J connectivity index is 0.000000208. The minimum Gasteiger partial charge on any atom is -0.504 e. The second-order valence-electron chi connectivity index (χ2n) is 33.1. The van der Waals surface area contributed by atoms with E-state index in [-0.39, 0.29) is 135 Å². The Hall–Kier alpha value is -15.2. The van der Waals surface area contributed by atoms with Gasteiger partial charge >= 0.3 is 6.09 Å². The molecule has 0 aliphatic rings. The van der Waals surface area contributed by atoms with Crippen molar-refractivity contribution in [2.45, 2.75) is 150 Å². The minimum absolute atomic E-state index is 0.000785. The smallest absolute Gasteiger partial charge is 0.425 e. The molecule has 139 heavy (non-hydrogen) atoms. The van der Waals surface area contributed by atoms with Crippen molar-refractivity contribution in [1.82, 2.24) is 92.8 Å². The number of pyridine rings is 8. The lowest BCUT2D eigenvalue weighted by molar-refractivity contribution is 0.0894.